The summed E-state index contributed by atoms with van der Waals surface area (Å²) < 4.78 is 12.0. The number of carboxylic acid groups (broad SMARTS) is 1. The Labute approximate surface area is 406 Å². The largest absolute Gasteiger partial charge is 0.480 e. The summed E-state index contributed by atoms with van der Waals surface area (Å²) in [4.78, 5) is 74.5. The van der Waals surface area contributed by atoms with Gasteiger partial charge in [0.05, 0.1) is 42.7 Å². The summed E-state index contributed by atoms with van der Waals surface area (Å²) in [5.74, 6) is -3.12. The van der Waals surface area contributed by atoms with Crippen LogP contribution in [-0.2, 0) is 39.9 Å². The van der Waals surface area contributed by atoms with Gasteiger partial charge in [0.15, 0.2) is 0 Å². The Balaban J connectivity index is 2.10. The van der Waals surface area contributed by atoms with Crippen molar-refractivity contribution in [2.75, 3.05) is 41.4 Å². The lowest BCUT2D eigenvalue weighted by molar-refractivity contribution is -0.148. The van der Waals surface area contributed by atoms with E-state index in [0.29, 0.717) is 19.4 Å². The van der Waals surface area contributed by atoms with Crippen LogP contribution in [0, 0.1) is 23.7 Å². The average molecular weight is 942 g/mol. The molecule has 4 amide bonds. The molecule has 1 fully saturated rings. The molecule has 1 aromatic carbocycles. The highest BCUT2D eigenvalue weighted by Crippen LogP contribution is 2.30. The molecular formula is C54H95N5O8. The van der Waals surface area contributed by atoms with E-state index in [1.807, 2.05) is 58.2 Å². The summed E-state index contributed by atoms with van der Waals surface area (Å²) in [6.45, 7) is 17.3. The summed E-state index contributed by atoms with van der Waals surface area (Å²) in [7, 11) is 6.84. The van der Waals surface area contributed by atoms with Crippen LogP contribution in [0.1, 0.15) is 170 Å². The van der Waals surface area contributed by atoms with Gasteiger partial charge in [-0.3, -0.25) is 24.1 Å². The molecule has 13 heteroatoms. The molecule has 1 saturated heterocycles. The van der Waals surface area contributed by atoms with Crippen molar-refractivity contribution >= 4 is 29.6 Å². The number of carbonyl (C=O) groups is 5. The Hall–Kier alpha value is -3.55. The van der Waals surface area contributed by atoms with Crippen molar-refractivity contribution in [3.8, 4) is 0 Å². The van der Waals surface area contributed by atoms with Crippen LogP contribution in [0.25, 0.3) is 0 Å². The van der Waals surface area contributed by atoms with E-state index in [1.165, 1.54) is 77.7 Å². The molecule has 1 aromatic rings. The van der Waals surface area contributed by atoms with Crippen LogP contribution in [0.4, 0.5) is 0 Å². The van der Waals surface area contributed by atoms with E-state index in [1.54, 1.807) is 30.9 Å². The molecule has 13 nitrogen and oxygen atoms in total. The van der Waals surface area contributed by atoms with E-state index < -0.39 is 60.2 Å². The fraction of sp³-hybridized carbons (Fsp3) is 0.796. The van der Waals surface area contributed by atoms with Gasteiger partial charge in [0.2, 0.25) is 23.6 Å². The zero-order valence-electron chi connectivity index (χ0n) is 44.0. The van der Waals surface area contributed by atoms with E-state index in [2.05, 4.69) is 43.2 Å². The molecule has 384 valence electrons. The average Bonchev–Trinajstić information content (AvgIpc) is 3.78. The van der Waals surface area contributed by atoms with Crippen LogP contribution >= 0.6 is 0 Å². The standard InChI is InChI=1S/C54H95N5O8/c1-13-15-16-17-18-19-20-21-22-23-24-25-29-34-57(9)48(39(5)6)52(62)56-47(38(3)4)53(63)58(10)49(40(7)14-2)45(66-11)37-46(60)59-35-30-33-44(59)50(67-12)41(8)51(61)55-43(54(64)65)36-42-31-27-26-28-32-42/h26-28,31-32,38-41,43-45,47-50H,13-25,29-30,33-37H2,1-12H3,(H,55,61)(H,56,62)(H,64,65)/t40-,41+,43-,44-,45+,47-,48-,49-,50+/m0/s1. The number of hydrogen-bond acceptors (Lipinski definition) is 8. The number of unbranched alkanes of at least 4 members (excludes halogenated alkanes) is 12. The second-order valence-electron chi connectivity index (χ2n) is 20.3. The molecule has 0 aromatic heterocycles. The van der Waals surface area contributed by atoms with Crippen molar-refractivity contribution in [1.82, 2.24) is 25.3 Å². The molecule has 0 aliphatic carbocycles. The number of amides is 4. The lowest BCUT2D eigenvalue weighted by Gasteiger charge is -2.41. The summed E-state index contributed by atoms with van der Waals surface area (Å²) in [6.07, 6.45) is 17.5. The fourth-order valence-electron chi connectivity index (χ4n) is 10.2. The van der Waals surface area contributed by atoms with Crippen LogP contribution in [0.5, 0.6) is 0 Å². The predicted octanol–water partition coefficient (Wildman–Crippen LogP) is 8.91. The van der Waals surface area contributed by atoms with Crippen LogP contribution in [-0.4, -0.2) is 133 Å². The number of carboxylic acids is 1. The maximum atomic E-state index is 14.6. The maximum absolute atomic E-state index is 14.6. The van der Waals surface area contributed by atoms with E-state index in [4.69, 9.17) is 9.47 Å². The number of likely N-dealkylation sites (tertiary alicyclic amines) is 1. The lowest BCUT2D eigenvalue weighted by Crippen LogP contribution is -2.60. The van der Waals surface area contributed by atoms with E-state index in [-0.39, 0.29) is 48.3 Å². The van der Waals surface area contributed by atoms with Gasteiger partial charge in [-0.1, -0.05) is 169 Å². The minimum atomic E-state index is -1.13. The lowest BCUT2D eigenvalue weighted by atomic mass is 9.89. The highest BCUT2D eigenvalue weighted by molar-refractivity contribution is 5.90. The smallest absolute Gasteiger partial charge is 0.326 e. The molecule has 0 spiro atoms. The van der Waals surface area contributed by atoms with Crippen LogP contribution in [0.2, 0.25) is 0 Å². The van der Waals surface area contributed by atoms with Gasteiger partial charge in [-0.25, -0.2) is 4.79 Å². The Kier molecular flexibility index (Phi) is 28.7. The summed E-state index contributed by atoms with van der Waals surface area (Å²) >= 11 is 0. The van der Waals surface area contributed by atoms with Gasteiger partial charge in [0.25, 0.3) is 0 Å². The number of methoxy groups -OCH3 is 2. The topological polar surface area (TPSA) is 158 Å². The van der Waals surface area contributed by atoms with E-state index in [0.717, 1.165) is 31.4 Å². The first-order chi connectivity index (χ1) is 31.9. The second kappa shape index (κ2) is 32.3. The minimum Gasteiger partial charge on any atom is -0.480 e. The van der Waals surface area contributed by atoms with Gasteiger partial charge in [-0.2, -0.15) is 0 Å². The SMILES string of the molecule is CCCCCCCCCCCCCCCN(C)[C@H](C(=O)N[C@H](C(=O)N(C)[C@@H]([C@@H](C)CC)[C@@H](CC(=O)N1CCC[C@H]1[C@H](OC)[C@@H](C)C(=O)N[C@@H](Cc1ccccc1)C(=O)O)OC)C(C)C)C(C)C. The van der Waals surface area contributed by atoms with Gasteiger partial charge < -0.3 is 35.0 Å². The first-order valence-corrected chi connectivity index (χ1v) is 26.1. The van der Waals surface area contributed by atoms with Crippen molar-refractivity contribution in [3.63, 3.8) is 0 Å². The Morgan fingerprint density at radius 1 is 0.761 bits per heavy atom. The molecule has 1 aliphatic rings. The minimum absolute atomic E-state index is 0.00703. The van der Waals surface area contributed by atoms with Gasteiger partial charge in [0, 0.05) is 34.2 Å². The molecule has 0 unspecified atom stereocenters. The monoisotopic (exact) mass is 942 g/mol. The highest BCUT2D eigenvalue weighted by Gasteiger charge is 2.43. The number of hydrogen-bond donors (Lipinski definition) is 3. The zero-order valence-corrected chi connectivity index (χ0v) is 44.0. The third-order valence-electron chi connectivity index (χ3n) is 14.4. The molecular weight excluding hydrogens is 847 g/mol. The van der Waals surface area contributed by atoms with E-state index >= 15 is 0 Å². The number of carbonyl (C=O) groups excluding carboxylic acids is 4. The molecule has 67 heavy (non-hydrogen) atoms. The summed E-state index contributed by atoms with van der Waals surface area (Å²) in [5, 5.41) is 15.8. The van der Waals surface area contributed by atoms with Gasteiger partial charge >= 0.3 is 5.97 Å². The van der Waals surface area contributed by atoms with Crippen LogP contribution < -0.4 is 10.6 Å². The Bertz CT molecular complexity index is 1580. The number of nitrogens with zero attached hydrogens (tertiary/aromatic N) is 3. The van der Waals surface area contributed by atoms with Crippen molar-refractivity contribution in [2.45, 2.75) is 213 Å². The number of ether oxygens (including phenoxy) is 2. The fourth-order valence-corrected chi connectivity index (χ4v) is 10.2. The molecule has 9 atom stereocenters. The summed E-state index contributed by atoms with van der Waals surface area (Å²) in [6, 6.07) is 5.94. The van der Waals surface area contributed by atoms with Gasteiger partial charge in [-0.05, 0) is 56.2 Å². The van der Waals surface area contributed by atoms with Gasteiger partial charge in [0.1, 0.15) is 12.1 Å². The quantitative estimate of drug-likeness (QED) is 0.0566. The first kappa shape index (κ1) is 59.6. The Morgan fingerprint density at radius 2 is 1.33 bits per heavy atom. The number of nitrogens with one attached hydrogen (secondary N) is 2. The third-order valence-corrected chi connectivity index (χ3v) is 14.4. The molecule has 3 N–H and O–H groups in total. The number of benzene rings is 1. The van der Waals surface area contributed by atoms with Crippen LogP contribution in [0.15, 0.2) is 30.3 Å². The van der Waals surface area contributed by atoms with Crippen LogP contribution in [0.3, 0.4) is 0 Å². The highest BCUT2D eigenvalue weighted by atomic mass is 16.5. The third kappa shape index (κ3) is 19.8. The van der Waals surface area contributed by atoms with Gasteiger partial charge in [-0.15, -0.1) is 0 Å². The van der Waals surface area contributed by atoms with Crippen molar-refractivity contribution in [2.24, 2.45) is 23.7 Å². The predicted molar refractivity (Wildman–Crippen MR) is 270 cm³/mol. The Morgan fingerprint density at radius 3 is 1.82 bits per heavy atom. The number of likely N-dealkylation sites (N-methyl/N-ethyl adjacent to an activating group) is 2. The second-order valence-corrected chi connectivity index (χ2v) is 20.3. The molecule has 0 saturated carbocycles. The molecule has 0 bridgehead atoms. The zero-order chi connectivity index (χ0) is 50.1. The molecule has 1 aliphatic heterocycles. The summed E-state index contributed by atoms with van der Waals surface area (Å²) in [5.41, 5.74) is 0.789. The van der Waals surface area contributed by atoms with Crippen molar-refractivity contribution < 1.29 is 38.6 Å². The molecule has 1 heterocycles. The van der Waals surface area contributed by atoms with Crippen molar-refractivity contribution in [3.05, 3.63) is 35.9 Å². The molecule has 0 radical (unpaired) electrons. The molecule has 2 rings (SSSR count). The maximum Gasteiger partial charge on any atom is 0.326 e. The van der Waals surface area contributed by atoms with Crippen molar-refractivity contribution in [1.29, 1.82) is 0 Å². The number of rotatable bonds is 35. The van der Waals surface area contributed by atoms with E-state index in [9.17, 15) is 29.1 Å². The first-order valence-electron chi connectivity index (χ1n) is 26.1. The number of aliphatic carboxylic acids is 1. The normalized spacial score (nSPS) is 17.7.